The number of halogens is 1. The van der Waals surface area contributed by atoms with Gasteiger partial charge in [0.05, 0.1) is 18.5 Å². The molecule has 0 radical (unpaired) electrons. The van der Waals surface area contributed by atoms with Crippen molar-refractivity contribution in [2.24, 2.45) is 0 Å². The van der Waals surface area contributed by atoms with Gasteiger partial charge in [-0.3, -0.25) is 14.0 Å². The molecule has 1 atom stereocenters. The maximum atomic E-state index is 12.8. The number of sulfonamides is 1. The number of nitrogens with one attached hydrogen (secondary N) is 1. The molecule has 31 heavy (non-hydrogen) atoms. The zero-order chi connectivity index (χ0) is 22.0. The van der Waals surface area contributed by atoms with Gasteiger partial charge >= 0.3 is 0 Å². The number of carbonyl (C=O) groups is 1. The van der Waals surface area contributed by atoms with Crippen LogP contribution in [-0.2, 0) is 27.9 Å². The highest BCUT2D eigenvalue weighted by Gasteiger charge is 2.35. The van der Waals surface area contributed by atoms with Gasteiger partial charge in [-0.05, 0) is 55.3 Å². The van der Waals surface area contributed by atoms with Crippen LogP contribution in [0.2, 0.25) is 5.02 Å². The molecular weight excluding hydrogens is 438 g/mol. The molecular formula is C22H26ClN3O4S. The summed E-state index contributed by atoms with van der Waals surface area (Å²) in [6, 6.07) is 12.9. The molecule has 0 aromatic heterocycles. The predicted molar refractivity (Wildman–Crippen MR) is 121 cm³/mol. The highest BCUT2D eigenvalue weighted by atomic mass is 35.5. The fourth-order valence-electron chi connectivity index (χ4n) is 4.01. The van der Waals surface area contributed by atoms with Crippen molar-refractivity contribution in [1.82, 2.24) is 10.2 Å². The van der Waals surface area contributed by atoms with Crippen molar-refractivity contribution in [3.05, 3.63) is 58.6 Å². The number of nitrogens with zero attached hydrogens (tertiary/aromatic N) is 2. The summed E-state index contributed by atoms with van der Waals surface area (Å²) in [6.45, 7) is 3.41. The number of likely N-dealkylation sites (tertiary alicyclic amines) is 1. The van der Waals surface area contributed by atoms with Crippen molar-refractivity contribution < 1.29 is 17.9 Å². The largest absolute Gasteiger partial charge is 0.476 e. The van der Waals surface area contributed by atoms with Gasteiger partial charge in [0.2, 0.25) is 10.0 Å². The molecule has 2 heterocycles. The van der Waals surface area contributed by atoms with E-state index in [2.05, 4.69) is 22.3 Å². The number of hydrogen-bond donors (Lipinski definition) is 1. The lowest BCUT2D eigenvalue weighted by molar-refractivity contribution is -0.127. The minimum Gasteiger partial charge on any atom is -0.476 e. The van der Waals surface area contributed by atoms with Crippen LogP contribution in [0.15, 0.2) is 42.5 Å². The van der Waals surface area contributed by atoms with E-state index in [9.17, 15) is 13.2 Å². The van der Waals surface area contributed by atoms with Gasteiger partial charge < -0.3 is 10.1 Å². The Hall–Kier alpha value is -2.29. The molecule has 1 N–H and O–H groups in total. The second-order valence-corrected chi connectivity index (χ2v) is 10.4. The van der Waals surface area contributed by atoms with Crippen LogP contribution in [-0.4, -0.2) is 51.2 Å². The lowest BCUT2D eigenvalue weighted by Crippen LogP contribution is -2.50. The number of ether oxygens (including phenoxy) is 1. The van der Waals surface area contributed by atoms with Gasteiger partial charge in [0.15, 0.2) is 6.10 Å². The van der Waals surface area contributed by atoms with Crippen LogP contribution in [0, 0.1) is 0 Å². The SMILES string of the molecule is CS(=O)(=O)N1CC(C(=O)NCc2cccc(CN3CCCC3)c2)Oc2ccc(Cl)cc21. The molecule has 1 fully saturated rings. The van der Waals surface area contributed by atoms with Crippen LogP contribution in [0.3, 0.4) is 0 Å². The quantitative estimate of drug-likeness (QED) is 0.712. The van der Waals surface area contributed by atoms with Crippen molar-refractivity contribution in [1.29, 1.82) is 0 Å². The van der Waals surface area contributed by atoms with E-state index in [0.717, 1.165) is 31.5 Å². The summed E-state index contributed by atoms with van der Waals surface area (Å²) in [5, 5.41) is 3.27. The molecule has 0 bridgehead atoms. The molecule has 0 aliphatic carbocycles. The summed E-state index contributed by atoms with van der Waals surface area (Å²) < 4.78 is 31.5. The number of hydrogen-bond acceptors (Lipinski definition) is 5. The summed E-state index contributed by atoms with van der Waals surface area (Å²) >= 11 is 6.02. The third kappa shape index (κ3) is 5.31. The smallest absolute Gasteiger partial charge is 0.263 e. The van der Waals surface area contributed by atoms with E-state index in [0.29, 0.717) is 23.0 Å². The number of amides is 1. The second-order valence-electron chi connectivity index (χ2n) is 8.03. The Kier molecular flexibility index (Phi) is 6.41. The second kappa shape index (κ2) is 9.06. The number of benzene rings is 2. The van der Waals surface area contributed by atoms with Crippen molar-refractivity contribution in [2.75, 3.05) is 30.2 Å². The summed E-state index contributed by atoms with van der Waals surface area (Å²) in [6.07, 6.45) is 2.65. The predicted octanol–water partition coefficient (Wildman–Crippen LogP) is 2.78. The Morgan fingerprint density at radius 1 is 1.16 bits per heavy atom. The average Bonchev–Trinajstić information content (AvgIpc) is 3.23. The number of carbonyl (C=O) groups excluding carboxylic acids is 1. The molecule has 2 aromatic rings. The monoisotopic (exact) mass is 463 g/mol. The zero-order valence-corrected chi connectivity index (χ0v) is 19.0. The molecule has 166 valence electrons. The third-order valence-electron chi connectivity index (χ3n) is 5.55. The van der Waals surface area contributed by atoms with E-state index in [-0.39, 0.29) is 12.5 Å². The Bertz CT molecular complexity index is 1070. The van der Waals surface area contributed by atoms with Crippen molar-refractivity contribution >= 4 is 33.2 Å². The summed E-state index contributed by atoms with van der Waals surface area (Å²) in [4.78, 5) is 15.2. The Labute approximate surface area is 188 Å². The van der Waals surface area contributed by atoms with E-state index in [1.165, 1.54) is 28.8 Å². The molecule has 0 spiro atoms. The molecule has 2 aliphatic rings. The number of rotatable bonds is 6. The fourth-order valence-corrected chi connectivity index (χ4v) is 5.09. The van der Waals surface area contributed by atoms with E-state index in [4.69, 9.17) is 16.3 Å². The number of fused-ring (bicyclic) bond motifs is 1. The van der Waals surface area contributed by atoms with E-state index in [1.807, 2.05) is 12.1 Å². The van der Waals surface area contributed by atoms with E-state index < -0.39 is 16.1 Å². The standard InChI is InChI=1S/C22H26ClN3O4S/c1-31(28,29)26-15-21(30-20-8-7-18(23)12-19(20)26)22(27)24-13-16-5-4-6-17(11-16)14-25-9-2-3-10-25/h4-8,11-12,21H,2-3,9-10,13-15H2,1H3,(H,24,27). The van der Waals surface area contributed by atoms with Crippen LogP contribution in [0.1, 0.15) is 24.0 Å². The first-order chi connectivity index (χ1) is 14.8. The highest BCUT2D eigenvalue weighted by Crippen LogP contribution is 2.37. The van der Waals surface area contributed by atoms with Crippen molar-refractivity contribution in [3.8, 4) is 5.75 Å². The molecule has 1 unspecified atom stereocenters. The van der Waals surface area contributed by atoms with Gasteiger partial charge in [-0.25, -0.2) is 8.42 Å². The molecule has 1 amide bonds. The molecule has 0 saturated carbocycles. The summed E-state index contributed by atoms with van der Waals surface area (Å²) in [5.41, 5.74) is 2.55. The van der Waals surface area contributed by atoms with Crippen LogP contribution in [0.25, 0.3) is 0 Å². The maximum absolute atomic E-state index is 12.8. The van der Waals surface area contributed by atoms with Crippen LogP contribution >= 0.6 is 11.6 Å². The van der Waals surface area contributed by atoms with Crippen LogP contribution in [0.5, 0.6) is 5.75 Å². The molecule has 2 aromatic carbocycles. The Morgan fingerprint density at radius 3 is 2.65 bits per heavy atom. The normalized spacial score (nSPS) is 19.0. The molecule has 9 heteroatoms. The third-order valence-corrected chi connectivity index (χ3v) is 6.93. The maximum Gasteiger partial charge on any atom is 0.263 e. The van der Waals surface area contributed by atoms with Crippen LogP contribution in [0.4, 0.5) is 5.69 Å². The minimum absolute atomic E-state index is 0.104. The van der Waals surface area contributed by atoms with Gasteiger partial charge in [-0.1, -0.05) is 35.9 Å². The fraction of sp³-hybridized carbons (Fsp3) is 0.409. The molecule has 4 rings (SSSR count). The minimum atomic E-state index is -3.60. The first-order valence-corrected chi connectivity index (χ1v) is 12.5. The van der Waals surface area contributed by atoms with Crippen LogP contribution < -0.4 is 14.4 Å². The average molecular weight is 464 g/mol. The van der Waals surface area contributed by atoms with Gasteiger partial charge in [0, 0.05) is 18.1 Å². The van der Waals surface area contributed by atoms with E-state index in [1.54, 1.807) is 12.1 Å². The van der Waals surface area contributed by atoms with Crippen molar-refractivity contribution in [3.63, 3.8) is 0 Å². The topological polar surface area (TPSA) is 79.0 Å². The first kappa shape index (κ1) is 21.9. The molecule has 1 saturated heterocycles. The lowest BCUT2D eigenvalue weighted by atomic mass is 10.1. The van der Waals surface area contributed by atoms with Gasteiger partial charge in [-0.15, -0.1) is 0 Å². The Balaban J connectivity index is 1.42. The van der Waals surface area contributed by atoms with Gasteiger partial charge in [0.25, 0.3) is 5.91 Å². The zero-order valence-electron chi connectivity index (χ0n) is 17.4. The van der Waals surface area contributed by atoms with Gasteiger partial charge in [-0.2, -0.15) is 0 Å². The lowest BCUT2D eigenvalue weighted by Gasteiger charge is -2.34. The number of anilines is 1. The molecule has 2 aliphatic heterocycles. The molecule has 7 nitrogen and oxygen atoms in total. The van der Waals surface area contributed by atoms with Gasteiger partial charge in [0.1, 0.15) is 5.75 Å². The first-order valence-electron chi connectivity index (χ1n) is 10.3. The highest BCUT2D eigenvalue weighted by molar-refractivity contribution is 7.92. The van der Waals surface area contributed by atoms with Crippen molar-refractivity contribution in [2.45, 2.75) is 32.0 Å². The summed E-state index contributed by atoms with van der Waals surface area (Å²) in [7, 11) is -3.60. The Morgan fingerprint density at radius 2 is 1.90 bits per heavy atom. The van der Waals surface area contributed by atoms with E-state index >= 15 is 0 Å². The summed E-state index contributed by atoms with van der Waals surface area (Å²) in [5.74, 6) is -0.0481.